The van der Waals surface area contributed by atoms with Gasteiger partial charge in [0, 0.05) is 24.2 Å². The molecule has 2 aliphatic rings. The van der Waals surface area contributed by atoms with E-state index in [4.69, 9.17) is 15.2 Å². The third-order valence-corrected chi connectivity index (χ3v) is 3.97. The van der Waals surface area contributed by atoms with Crippen LogP contribution in [0.3, 0.4) is 0 Å². The molecule has 3 rings (SSSR count). The summed E-state index contributed by atoms with van der Waals surface area (Å²) >= 11 is 0. The molecule has 2 atom stereocenters. The summed E-state index contributed by atoms with van der Waals surface area (Å²) in [7, 11) is 0. The van der Waals surface area contributed by atoms with Crippen molar-refractivity contribution < 1.29 is 14.3 Å². The van der Waals surface area contributed by atoms with Crippen LogP contribution in [0.2, 0.25) is 0 Å². The van der Waals surface area contributed by atoms with Crippen molar-refractivity contribution in [2.24, 2.45) is 5.73 Å². The molecule has 0 saturated carbocycles. The van der Waals surface area contributed by atoms with Crippen molar-refractivity contribution in [2.45, 2.75) is 31.8 Å². The van der Waals surface area contributed by atoms with Gasteiger partial charge < -0.3 is 20.1 Å². The average molecular weight is 276 g/mol. The van der Waals surface area contributed by atoms with Crippen LogP contribution >= 0.6 is 0 Å². The lowest BCUT2D eigenvalue weighted by atomic mass is 9.98. The molecule has 2 unspecified atom stereocenters. The van der Waals surface area contributed by atoms with Crippen LogP contribution in [0.1, 0.15) is 30.1 Å². The minimum Gasteiger partial charge on any atom is -0.486 e. The summed E-state index contributed by atoms with van der Waals surface area (Å²) in [5.74, 6) is 1.41. The molecule has 1 aromatic rings. The van der Waals surface area contributed by atoms with Gasteiger partial charge in [0.25, 0.3) is 5.91 Å². The Morgan fingerprint density at radius 1 is 1.30 bits per heavy atom. The van der Waals surface area contributed by atoms with E-state index in [2.05, 4.69) is 6.92 Å². The number of fused-ring (bicyclic) bond motifs is 1. The van der Waals surface area contributed by atoms with Crippen LogP contribution in [0, 0.1) is 0 Å². The van der Waals surface area contributed by atoms with Crippen LogP contribution in [-0.4, -0.2) is 42.6 Å². The fourth-order valence-electron chi connectivity index (χ4n) is 2.85. The first kappa shape index (κ1) is 13.2. The Kier molecular flexibility index (Phi) is 3.53. The lowest BCUT2D eigenvalue weighted by Crippen LogP contribution is -2.48. The molecule has 108 valence electrons. The minimum absolute atomic E-state index is 0.0429. The molecule has 1 saturated heterocycles. The van der Waals surface area contributed by atoms with Gasteiger partial charge in [-0.05, 0) is 38.0 Å². The van der Waals surface area contributed by atoms with E-state index < -0.39 is 0 Å². The van der Waals surface area contributed by atoms with E-state index in [0.29, 0.717) is 30.3 Å². The Morgan fingerprint density at radius 2 is 2.05 bits per heavy atom. The molecule has 1 amide bonds. The number of nitrogens with two attached hydrogens (primary N) is 1. The number of piperidine rings is 1. The van der Waals surface area contributed by atoms with E-state index >= 15 is 0 Å². The third kappa shape index (κ3) is 2.45. The van der Waals surface area contributed by atoms with Crippen LogP contribution in [0.5, 0.6) is 11.5 Å². The van der Waals surface area contributed by atoms with Crippen molar-refractivity contribution in [1.29, 1.82) is 0 Å². The van der Waals surface area contributed by atoms with Gasteiger partial charge >= 0.3 is 0 Å². The van der Waals surface area contributed by atoms with Gasteiger partial charge in [-0.25, -0.2) is 0 Å². The molecular formula is C15H20N2O3. The summed E-state index contributed by atoms with van der Waals surface area (Å²) in [6.07, 6.45) is 1.72. The van der Waals surface area contributed by atoms with Gasteiger partial charge in [-0.1, -0.05) is 0 Å². The van der Waals surface area contributed by atoms with Gasteiger partial charge in [0.15, 0.2) is 11.5 Å². The largest absolute Gasteiger partial charge is 0.486 e. The van der Waals surface area contributed by atoms with Crippen LogP contribution in [-0.2, 0) is 0 Å². The van der Waals surface area contributed by atoms with Crippen molar-refractivity contribution in [3.8, 4) is 11.5 Å². The summed E-state index contributed by atoms with van der Waals surface area (Å²) in [4.78, 5) is 14.5. The highest BCUT2D eigenvalue weighted by molar-refractivity contribution is 5.95. The standard InChI is InChI=1S/C15H20N2O3/c1-10-8-12(16)4-5-17(10)15(18)11-2-3-13-14(9-11)20-7-6-19-13/h2-3,9-10,12H,4-8,16H2,1H3. The van der Waals surface area contributed by atoms with E-state index in [9.17, 15) is 4.79 Å². The van der Waals surface area contributed by atoms with E-state index in [1.54, 1.807) is 12.1 Å². The van der Waals surface area contributed by atoms with Gasteiger partial charge in [-0.15, -0.1) is 0 Å². The second-order valence-electron chi connectivity index (χ2n) is 5.49. The zero-order valence-electron chi connectivity index (χ0n) is 11.7. The molecule has 0 aromatic heterocycles. The predicted molar refractivity (Wildman–Crippen MR) is 75.1 cm³/mol. The lowest BCUT2D eigenvalue weighted by molar-refractivity contribution is 0.0618. The van der Waals surface area contributed by atoms with E-state index in [1.165, 1.54) is 0 Å². The number of benzene rings is 1. The first-order valence-corrected chi connectivity index (χ1v) is 7.11. The van der Waals surface area contributed by atoms with Gasteiger partial charge in [-0.3, -0.25) is 4.79 Å². The summed E-state index contributed by atoms with van der Waals surface area (Å²) in [5.41, 5.74) is 6.59. The monoisotopic (exact) mass is 276 g/mol. The molecule has 0 spiro atoms. The fourth-order valence-corrected chi connectivity index (χ4v) is 2.85. The average Bonchev–Trinajstić information content (AvgIpc) is 2.46. The van der Waals surface area contributed by atoms with Crippen LogP contribution in [0.15, 0.2) is 18.2 Å². The fraction of sp³-hybridized carbons (Fsp3) is 0.533. The topological polar surface area (TPSA) is 64.8 Å². The molecule has 0 bridgehead atoms. The summed E-state index contributed by atoms with van der Waals surface area (Å²) < 4.78 is 11.0. The molecule has 5 heteroatoms. The molecule has 0 radical (unpaired) electrons. The molecule has 2 heterocycles. The van der Waals surface area contributed by atoms with E-state index in [-0.39, 0.29) is 18.0 Å². The van der Waals surface area contributed by atoms with Crippen molar-refractivity contribution in [1.82, 2.24) is 4.90 Å². The number of carbonyl (C=O) groups excluding carboxylic acids is 1. The number of rotatable bonds is 1. The highest BCUT2D eigenvalue weighted by Gasteiger charge is 2.28. The number of ether oxygens (including phenoxy) is 2. The quantitative estimate of drug-likeness (QED) is 0.842. The van der Waals surface area contributed by atoms with Crippen LogP contribution < -0.4 is 15.2 Å². The van der Waals surface area contributed by atoms with Crippen LogP contribution in [0.25, 0.3) is 0 Å². The second kappa shape index (κ2) is 5.32. The second-order valence-corrected chi connectivity index (χ2v) is 5.49. The molecule has 20 heavy (non-hydrogen) atoms. The molecule has 2 N–H and O–H groups in total. The number of amides is 1. The van der Waals surface area contributed by atoms with Gasteiger partial charge in [0.05, 0.1) is 0 Å². The Balaban J connectivity index is 1.80. The SMILES string of the molecule is CC1CC(N)CCN1C(=O)c1ccc2c(c1)OCCO2. The van der Waals surface area contributed by atoms with Crippen molar-refractivity contribution >= 4 is 5.91 Å². The summed E-state index contributed by atoms with van der Waals surface area (Å²) in [5, 5.41) is 0. The van der Waals surface area contributed by atoms with E-state index in [0.717, 1.165) is 19.4 Å². The summed E-state index contributed by atoms with van der Waals surface area (Å²) in [6.45, 7) is 3.85. The highest BCUT2D eigenvalue weighted by Crippen LogP contribution is 2.31. The predicted octanol–water partition coefficient (Wildman–Crippen LogP) is 1.41. The highest BCUT2D eigenvalue weighted by atomic mass is 16.6. The van der Waals surface area contributed by atoms with Crippen LogP contribution in [0.4, 0.5) is 0 Å². The Labute approximate surface area is 118 Å². The molecule has 0 aliphatic carbocycles. The van der Waals surface area contributed by atoms with Gasteiger partial charge in [0.1, 0.15) is 13.2 Å². The molecule has 5 nitrogen and oxygen atoms in total. The number of hydrogen-bond donors (Lipinski definition) is 1. The normalized spacial score (nSPS) is 25.4. The summed E-state index contributed by atoms with van der Waals surface area (Å²) in [6, 6.07) is 5.77. The van der Waals surface area contributed by atoms with Gasteiger partial charge in [-0.2, -0.15) is 0 Å². The molecule has 2 aliphatic heterocycles. The zero-order valence-corrected chi connectivity index (χ0v) is 11.7. The Morgan fingerprint density at radius 3 is 2.80 bits per heavy atom. The van der Waals surface area contributed by atoms with Crippen molar-refractivity contribution in [3.05, 3.63) is 23.8 Å². The molecular weight excluding hydrogens is 256 g/mol. The number of nitrogens with zero attached hydrogens (tertiary/aromatic N) is 1. The maximum atomic E-state index is 12.6. The first-order valence-electron chi connectivity index (χ1n) is 7.11. The zero-order chi connectivity index (χ0) is 14.1. The maximum Gasteiger partial charge on any atom is 0.254 e. The Hall–Kier alpha value is -1.75. The minimum atomic E-state index is 0.0429. The van der Waals surface area contributed by atoms with Crippen molar-refractivity contribution in [2.75, 3.05) is 19.8 Å². The van der Waals surface area contributed by atoms with Crippen molar-refractivity contribution in [3.63, 3.8) is 0 Å². The smallest absolute Gasteiger partial charge is 0.254 e. The third-order valence-electron chi connectivity index (χ3n) is 3.97. The number of likely N-dealkylation sites (tertiary alicyclic amines) is 1. The Bertz CT molecular complexity index is 518. The number of hydrogen-bond acceptors (Lipinski definition) is 4. The number of carbonyl (C=O) groups is 1. The van der Waals surface area contributed by atoms with E-state index in [1.807, 2.05) is 11.0 Å². The van der Waals surface area contributed by atoms with Gasteiger partial charge in [0.2, 0.25) is 0 Å². The molecule has 1 fully saturated rings. The lowest BCUT2D eigenvalue weighted by Gasteiger charge is -2.36. The molecule has 1 aromatic carbocycles. The maximum absolute atomic E-state index is 12.6. The first-order chi connectivity index (χ1) is 9.65.